The molecule has 0 spiro atoms. The second-order valence-corrected chi connectivity index (χ2v) is 4.73. The molecule has 0 saturated carbocycles. The van der Waals surface area contributed by atoms with Crippen molar-refractivity contribution in [3.63, 3.8) is 0 Å². The number of amides is 1. The average Bonchev–Trinajstić information content (AvgIpc) is 2.97. The summed E-state index contributed by atoms with van der Waals surface area (Å²) in [6.45, 7) is 4.62. The van der Waals surface area contributed by atoms with E-state index in [-0.39, 0.29) is 18.0 Å². The quantitative estimate of drug-likeness (QED) is 0.698. The second-order valence-electron chi connectivity index (χ2n) is 4.73. The minimum Gasteiger partial charge on any atom is -0.341 e. The topological polar surface area (TPSA) is 47.3 Å². The Labute approximate surface area is 96.8 Å². The summed E-state index contributed by atoms with van der Waals surface area (Å²) in [4.78, 5) is 16.2. The average molecular weight is 221 g/mol. The van der Waals surface area contributed by atoms with Gasteiger partial charge >= 0.3 is 0 Å². The third-order valence-corrected chi connectivity index (χ3v) is 3.72. The number of carbonyl (C=O) groups excluding carboxylic acids is 1. The van der Waals surface area contributed by atoms with Crippen molar-refractivity contribution in [1.29, 1.82) is 5.26 Å². The first-order chi connectivity index (χ1) is 7.74. The summed E-state index contributed by atoms with van der Waals surface area (Å²) < 4.78 is 0. The molecule has 0 aromatic rings. The molecule has 0 radical (unpaired) electrons. The van der Waals surface area contributed by atoms with Crippen LogP contribution in [0.15, 0.2) is 0 Å². The van der Waals surface area contributed by atoms with E-state index < -0.39 is 0 Å². The highest BCUT2D eigenvalue weighted by atomic mass is 16.2. The van der Waals surface area contributed by atoms with E-state index in [4.69, 9.17) is 5.26 Å². The predicted octanol–water partition coefficient (Wildman–Crippen LogP) is 0.985. The maximum atomic E-state index is 12.2. The molecule has 4 heteroatoms. The molecule has 2 unspecified atom stereocenters. The molecular weight excluding hydrogens is 202 g/mol. The summed E-state index contributed by atoms with van der Waals surface area (Å²) in [6.07, 6.45) is 4.20. The van der Waals surface area contributed by atoms with Crippen LogP contribution in [0.3, 0.4) is 0 Å². The molecule has 16 heavy (non-hydrogen) atoms. The highest BCUT2D eigenvalue weighted by molar-refractivity contribution is 5.81. The van der Waals surface area contributed by atoms with Crippen molar-refractivity contribution in [3.05, 3.63) is 0 Å². The van der Waals surface area contributed by atoms with E-state index in [1.54, 1.807) is 0 Å². The molecule has 2 fully saturated rings. The minimum absolute atomic E-state index is 0.0541. The van der Waals surface area contributed by atoms with Crippen LogP contribution < -0.4 is 0 Å². The summed E-state index contributed by atoms with van der Waals surface area (Å²) in [5.74, 6) is 0.208. The van der Waals surface area contributed by atoms with Gasteiger partial charge in [-0.05, 0) is 32.6 Å². The second kappa shape index (κ2) is 4.84. The molecule has 2 heterocycles. The van der Waals surface area contributed by atoms with Gasteiger partial charge in [-0.25, -0.2) is 0 Å². The van der Waals surface area contributed by atoms with E-state index >= 15 is 0 Å². The Hall–Kier alpha value is -1.08. The molecule has 0 bridgehead atoms. The van der Waals surface area contributed by atoms with Crippen molar-refractivity contribution in [2.45, 2.75) is 44.7 Å². The molecule has 1 amide bonds. The van der Waals surface area contributed by atoms with Crippen LogP contribution in [0.1, 0.15) is 32.6 Å². The van der Waals surface area contributed by atoms with Crippen LogP contribution in [0.25, 0.3) is 0 Å². The molecule has 0 aliphatic carbocycles. The Morgan fingerprint density at radius 3 is 2.62 bits per heavy atom. The lowest BCUT2D eigenvalue weighted by atomic mass is 10.2. The Morgan fingerprint density at radius 2 is 2.00 bits per heavy atom. The molecular formula is C12H19N3O. The van der Waals surface area contributed by atoms with Crippen molar-refractivity contribution in [2.24, 2.45) is 0 Å². The van der Waals surface area contributed by atoms with Crippen molar-refractivity contribution in [2.75, 3.05) is 19.6 Å². The van der Waals surface area contributed by atoms with Gasteiger partial charge in [0, 0.05) is 19.6 Å². The first kappa shape index (κ1) is 11.4. The Morgan fingerprint density at radius 1 is 1.31 bits per heavy atom. The molecule has 2 rings (SSSR count). The van der Waals surface area contributed by atoms with Crippen molar-refractivity contribution in [3.8, 4) is 6.07 Å². The fraction of sp³-hybridized carbons (Fsp3) is 0.833. The van der Waals surface area contributed by atoms with E-state index in [0.29, 0.717) is 0 Å². The fourth-order valence-corrected chi connectivity index (χ4v) is 2.73. The van der Waals surface area contributed by atoms with Crippen molar-refractivity contribution >= 4 is 5.91 Å². The number of likely N-dealkylation sites (tertiary alicyclic amines) is 2. The number of nitrogens with zero attached hydrogens (tertiary/aromatic N) is 3. The summed E-state index contributed by atoms with van der Waals surface area (Å²) in [5.41, 5.74) is 0. The van der Waals surface area contributed by atoms with Crippen molar-refractivity contribution in [1.82, 2.24) is 9.80 Å². The lowest BCUT2D eigenvalue weighted by Gasteiger charge is -2.29. The van der Waals surface area contributed by atoms with Gasteiger partial charge in [0.05, 0.1) is 18.2 Å². The lowest BCUT2D eigenvalue weighted by Crippen LogP contribution is -2.47. The third kappa shape index (κ3) is 2.05. The Balaban J connectivity index is 1.98. The van der Waals surface area contributed by atoms with E-state index in [1.807, 2.05) is 11.8 Å². The molecule has 0 N–H and O–H groups in total. The minimum atomic E-state index is -0.120. The van der Waals surface area contributed by atoms with E-state index in [9.17, 15) is 4.79 Å². The molecule has 4 nitrogen and oxygen atoms in total. The van der Waals surface area contributed by atoms with E-state index in [2.05, 4.69) is 11.0 Å². The number of rotatable bonds is 2. The Bertz CT molecular complexity index is 304. The zero-order valence-corrected chi connectivity index (χ0v) is 9.85. The van der Waals surface area contributed by atoms with Crippen LogP contribution in [0.2, 0.25) is 0 Å². The van der Waals surface area contributed by atoms with E-state index in [0.717, 1.165) is 45.3 Å². The summed E-state index contributed by atoms with van der Waals surface area (Å²) in [5, 5.41) is 9.02. The molecule has 2 aliphatic rings. The van der Waals surface area contributed by atoms with Gasteiger partial charge < -0.3 is 4.90 Å². The normalized spacial score (nSPS) is 28.0. The third-order valence-electron chi connectivity index (χ3n) is 3.72. The highest BCUT2D eigenvalue weighted by Crippen LogP contribution is 2.21. The predicted molar refractivity (Wildman–Crippen MR) is 60.6 cm³/mol. The van der Waals surface area contributed by atoms with E-state index in [1.165, 1.54) is 0 Å². The number of nitriles is 1. The zero-order valence-electron chi connectivity index (χ0n) is 9.85. The molecule has 88 valence electrons. The molecule has 0 aromatic heterocycles. The van der Waals surface area contributed by atoms with Gasteiger partial charge in [0.1, 0.15) is 0 Å². The van der Waals surface area contributed by atoms with Gasteiger partial charge in [-0.3, -0.25) is 9.69 Å². The lowest BCUT2D eigenvalue weighted by molar-refractivity contribution is -0.135. The van der Waals surface area contributed by atoms with Crippen LogP contribution in [-0.2, 0) is 4.79 Å². The maximum absolute atomic E-state index is 12.2. The number of hydrogen-bond acceptors (Lipinski definition) is 3. The monoisotopic (exact) mass is 221 g/mol. The van der Waals surface area contributed by atoms with Gasteiger partial charge in [0.2, 0.25) is 5.91 Å². The number of hydrogen-bond donors (Lipinski definition) is 0. The largest absolute Gasteiger partial charge is 0.341 e. The van der Waals surface area contributed by atoms with Gasteiger partial charge in [0.25, 0.3) is 0 Å². The van der Waals surface area contributed by atoms with Crippen LogP contribution >= 0.6 is 0 Å². The molecule has 2 saturated heterocycles. The van der Waals surface area contributed by atoms with Gasteiger partial charge in [-0.2, -0.15) is 5.26 Å². The smallest absolute Gasteiger partial charge is 0.239 e. The molecule has 0 aromatic carbocycles. The number of carbonyl (C=O) groups is 1. The zero-order chi connectivity index (χ0) is 11.5. The van der Waals surface area contributed by atoms with Gasteiger partial charge in [-0.15, -0.1) is 0 Å². The molecule has 2 atom stereocenters. The fourth-order valence-electron chi connectivity index (χ4n) is 2.73. The van der Waals surface area contributed by atoms with Crippen LogP contribution in [-0.4, -0.2) is 47.4 Å². The standard InChI is InChI=1S/C12H19N3O/c1-10(12(16)14-6-2-3-7-14)15-8-4-5-11(15)9-13/h10-11H,2-8H2,1H3. The molecule has 2 aliphatic heterocycles. The maximum Gasteiger partial charge on any atom is 0.239 e. The van der Waals surface area contributed by atoms with Crippen LogP contribution in [0.5, 0.6) is 0 Å². The van der Waals surface area contributed by atoms with Gasteiger partial charge in [0.15, 0.2) is 0 Å². The van der Waals surface area contributed by atoms with Gasteiger partial charge in [-0.1, -0.05) is 0 Å². The van der Waals surface area contributed by atoms with Crippen LogP contribution in [0, 0.1) is 11.3 Å². The summed E-state index contributed by atoms with van der Waals surface area (Å²) in [6, 6.07) is 2.12. The first-order valence-electron chi connectivity index (χ1n) is 6.18. The highest BCUT2D eigenvalue weighted by Gasteiger charge is 2.34. The van der Waals surface area contributed by atoms with Crippen LogP contribution in [0.4, 0.5) is 0 Å². The SMILES string of the molecule is CC(C(=O)N1CCCC1)N1CCCC1C#N. The first-order valence-corrected chi connectivity index (χ1v) is 6.18. The Kier molecular flexibility index (Phi) is 3.45. The van der Waals surface area contributed by atoms with Crippen molar-refractivity contribution < 1.29 is 4.79 Å². The summed E-state index contributed by atoms with van der Waals surface area (Å²) >= 11 is 0. The summed E-state index contributed by atoms with van der Waals surface area (Å²) in [7, 11) is 0.